The minimum atomic E-state index is -1.09. The number of hydrogen-bond donors (Lipinski definition) is 2. The third kappa shape index (κ3) is 8.15. The van der Waals surface area contributed by atoms with E-state index in [2.05, 4.69) is 10.6 Å². The maximum absolute atomic E-state index is 12.9. The fourth-order valence-electron chi connectivity index (χ4n) is 3.65. The van der Waals surface area contributed by atoms with Crippen LogP contribution in [0.3, 0.4) is 0 Å². The van der Waals surface area contributed by atoms with Gasteiger partial charge in [0.05, 0.1) is 22.8 Å². The van der Waals surface area contributed by atoms with Gasteiger partial charge in [-0.2, -0.15) is 0 Å². The lowest BCUT2D eigenvalue weighted by atomic mass is 10.1. The van der Waals surface area contributed by atoms with E-state index in [1.54, 1.807) is 60.7 Å². The Morgan fingerprint density at radius 1 is 0.690 bits per heavy atom. The van der Waals surface area contributed by atoms with E-state index >= 15 is 0 Å². The van der Waals surface area contributed by atoms with Gasteiger partial charge in [0.15, 0.2) is 0 Å². The van der Waals surface area contributed by atoms with Crippen molar-refractivity contribution in [1.82, 2.24) is 5.06 Å². The van der Waals surface area contributed by atoms with Crippen LogP contribution in [-0.2, 0) is 24.0 Å². The van der Waals surface area contributed by atoms with Crippen molar-refractivity contribution in [3.63, 3.8) is 0 Å². The second-order valence-corrected chi connectivity index (χ2v) is 10.6. The van der Waals surface area contributed by atoms with Crippen LogP contribution in [0.25, 0.3) is 0 Å². The molecule has 1 saturated heterocycles. The topological polar surface area (TPSA) is 156 Å². The SMILES string of the molecule is O=C(CSC(=O)c1ccccc1)Nc1ccc(C(=O)ON2C(=O)CCC2=O)c(NC(=O)CSC(=O)c2ccccc2)c1. The van der Waals surface area contributed by atoms with E-state index in [9.17, 15) is 33.6 Å². The lowest BCUT2D eigenvalue weighted by Crippen LogP contribution is -2.32. The molecular formula is C29H23N3O8S2. The number of anilines is 2. The van der Waals surface area contributed by atoms with Crippen molar-refractivity contribution < 1.29 is 38.4 Å². The van der Waals surface area contributed by atoms with Crippen molar-refractivity contribution in [2.45, 2.75) is 12.8 Å². The molecule has 1 fully saturated rings. The predicted octanol–water partition coefficient (Wildman–Crippen LogP) is 3.93. The van der Waals surface area contributed by atoms with Crippen LogP contribution in [0.2, 0.25) is 0 Å². The first-order valence-corrected chi connectivity index (χ1v) is 14.4. The molecule has 0 aliphatic carbocycles. The number of imide groups is 1. The largest absolute Gasteiger partial charge is 0.366 e. The molecule has 3 aromatic rings. The Kier molecular flexibility index (Phi) is 10.2. The number of nitrogens with one attached hydrogen (secondary N) is 2. The van der Waals surface area contributed by atoms with Gasteiger partial charge in [0.1, 0.15) is 0 Å². The highest BCUT2D eigenvalue weighted by Crippen LogP contribution is 2.25. The van der Waals surface area contributed by atoms with Crippen LogP contribution in [-0.4, -0.2) is 56.4 Å². The second-order valence-electron chi connectivity index (χ2n) is 8.70. The molecule has 4 rings (SSSR count). The number of amides is 4. The van der Waals surface area contributed by atoms with Gasteiger partial charge in [-0.15, -0.1) is 5.06 Å². The zero-order valence-corrected chi connectivity index (χ0v) is 23.5. The Morgan fingerprint density at radius 3 is 1.71 bits per heavy atom. The quantitative estimate of drug-likeness (QED) is 0.325. The van der Waals surface area contributed by atoms with Gasteiger partial charge in [-0.25, -0.2) is 4.79 Å². The summed E-state index contributed by atoms with van der Waals surface area (Å²) in [6.07, 6.45) is -0.198. The fourth-order valence-corrected chi connectivity index (χ4v) is 4.93. The molecule has 0 saturated carbocycles. The van der Waals surface area contributed by atoms with Crippen LogP contribution in [0, 0.1) is 0 Å². The van der Waals surface area contributed by atoms with E-state index in [1.165, 1.54) is 18.2 Å². The van der Waals surface area contributed by atoms with Crippen LogP contribution in [0.1, 0.15) is 43.9 Å². The highest BCUT2D eigenvalue weighted by atomic mass is 32.2. The minimum Gasteiger partial charge on any atom is -0.325 e. The molecule has 4 amide bonds. The molecule has 42 heavy (non-hydrogen) atoms. The van der Waals surface area contributed by atoms with Gasteiger partial charge in [0.2, 0.25) is 22.0 Å². The third-order valence-electron chi connectivity index (χ3n) is 5.66. The molecule has 13 heteroatoms. The summed E-state index contributed by atoms with van der Waals surface area (Å²) in [5, 5.41) is 4.87. The zero-order valence-electron chi connectivity index (χ0n) is 21.9. The third-order valence-corrected chi connectivity index (χ3v) is 7.47. The van der Waals surface area contributed by atoms with Crippen molar-refractivity contribution in [3.05, 3.63) is 95.6 Å². The second kappa shape index (κ2) is 14.2. The number of thioether (sulfide) groups is 2. The highest BCUT2D eigenvalue weighted by molar-refractivity contribution is 8.14. The predicted molar refractivity (Wildman–Crippen MR) is 157 cm³/mol. The van der Waals surface area contributed by atoms with E-state index in [0.29, 0.717) is 16.2 Å². The number of rotatable bonds is 10. The number of hydrogen-bond acceptors (Lipinski definition) is 10. The van der Waals surface area contributed by atoms with Gasteiger partial charge >= 0.3 is 5.97 Å². The molecule has 1 heterocycles. The van der Waals surface area contributed by atoms with Crippen LogP contribution in [0.4, 0.5) is 11.4 Å². The zero-order chi connectivity index (χ0) is 30.1. The molecule has 1 aliphatic heterocycles. The molecule has 0 aromatic heterocycles. The Hall–Kier alpha value is -4.75. The summed E-state index contributed by atoms with van der Waals surface area (Å²) >= 11 is 1.56. The molecule has 2 N–H and O–H groups in total. The number of benzene rings is 3. The Bertz CT molecular complexity index is 1530. The van der Waals surface area contributed by atoms with E-state index in [-0.39, 0.29) is 51.5 Å². The minimum absolute atomic E-state index is 0.0948. The molecule has 0 unspecified atom stereocenters. The van der Waals surface area contributed by atoms with Gasteiger partial charge < -0.3 is 15.5 Å². The standard InChI is InChI=1S/C29H23N3O8S2/c33-23(16-41-28(38)18-7-3-1-4-8-18)30-20-11-12-21(27(37)40-32-25(35)13-14-26(32)36)22(15-20)31-24(34)17-42-29(39)19-9-5-2-6-10-19/h1-12,15H,13-14,16-17H2,(H,30,33)(H,31,34). The summed E-state index contributed by atoms with van der Waals surface area (Å²) in [6, 6.07) is 20.7. The summed E-state index contributed by atoms with van der Waals surface area (Å²) in [5.74, 6) is -4.10. The van der Waals surface area contributed by atoms with E-state index in [0.717, 1.165) is 23.5 Å². The molecule has 0 bridgehead atoms. The number of carbonyl (C=O) groups excluding carboxylic acids is 7. The number of carbonyl (C=O) groups is 7. The van der Waals surface area contributed by atoms with Gasteiger partial charge in [-0.1, -0.05) is 84.2 Å². The van der Waals surface area contributed by atoms with Crippen LogP contribution in [0.15, 0.2) is 78.9 Å². The average molecular weight is 606 g/mol. The smallest absolute Gasteiger partial charge is 0.325 e. The van der Waals surface area contributed by atoms with Gasteiger partial charge in [0.25, 0.3) is 11.8 Å². The summed E-state index contributed by atoms with van der Waals surface area (Å²) in [4.78, 5) is 91.6. The first-order chi connectivity index (χ1) is 20.2. The van der Waals surface area contributed by atoms with E-state index < -0.39 is 29.6 Å². The maximum atomic E-state index is 12.9. The van der Waals surface area contributed by atoms with E-state index in [4.69, 9.17) is 4.84 Å². The van der Waals surface area contributed by atoms with Crippen molar-refractivity contribution in [3.8, 4) is 0 Å². The van der Waals surface area contributed by atoms with Gasteiger partial charge in [-0.05, 0) is 18.2 Å². The summed E-state index contributed by atoms with van der Waals surface area (Å²) in [5.41, 5.74) is 0.736. The highest BCUT2D eigenvalue weighted by Gasteiger charge is 2.33. The Balaban J connectivity index is 1.45. The Labute approximate surface area is 248 Å². The summed E-state index contributed by atoms with van der Waals surface area (Å²) in [7, 11) is 0. The number of hydroxylamine groups is 2. The van der Waals surface area contributed by atoms with Crippen LogP contribution >= 0.6 is 23.5 Å². The molecule has 214 valence electrons. The van der Waals surface area contributed by atoms with Crippen molar-refractivity contribution in [2.24, 2.45) is 0 Å². The van der Waals surface area contributed by atoms with Crippen molar-refractivity contribution in [2.75, 3.05) is 22.1 Å². The Morgan fingerprint density at radius 2 is 1.19 bits per heavy atom. The normalized spacial score (nSPS) is 12.5. The number of nitrogens with zero attached hydrogens (tertiary/aromatic N) is 1. The molecule has 1 aliphatic rings. The molecule has 0 spiro atoms. The first-order valence-electron chi connectivity index (χ1n) is 12.5. The van der Waals surface area contributed by atoms with Crippen molar-refractivity contribution >= 4 is 74.7 Å². The lowest BCUT2D eigenvalue weighted by Gasteiger charge is -2.16. The molecule has 3 aromatic carbocycles. The monoisotopic (exact) mass is 605 g/mol. The van der Waals surface area contributed by atoms with Crippen LogP contribution < -0.4 is 10.6 Å². The molecular weight excluding hydrogens is 582 g/mol. The summed E-state index contributed by atoms with van der Waals surface area (Å²) in [6.45, 7) is 0. The van der Waals surface area contributed by atoms with Crippen LogP contribution in [0.5, 0.6) is 0 Å². The molecule has 11 nitrogen and oxygen atoms in total. The molecule has 0 radical (unpaired) electrons. The fraction of sp³-hybridized carbons (Fsp3) is 0.138. The van der Waals surface area contributed by atoms with Crippen molar-refractivity contribution in [1.29, 1.82) is 0 Å². The lowest BCUT2D eigenvalue weighted by molar-refractivity contribution is -0.172. The first kappa shape index (κ1) is 30.2. The van der Waals surface area contributed by atoms with Gasteiger partial charge in [-0.3, -0.25) is 28.8 Å². The molecule has 0 atom stereocenters. The maximum Gasteiger partial charge on any atom is 0.366 e. The van der Waals surface area contributed by atoms with Gasteiger partial charge in [0, 0.05) is 29.7 Å². The summed E-state index contributed by atoms with van der Waals surface area (Å²) < 4.78 is 0. The van der Waals surface area contributed by atoms with E-state index in [1.807, 2.05) is 0 Å². The average Bonchev–Trinajstić information content (AvgIpc) is 3.31.